The van der Waals surface area contributed by atoms with Crippen LogP contribution in [-0.2, 0) is 14.4 Å². The van der Waals surface area contributed by atoms with Crippen LogP contribution < -0.4 is 5.32 Å². The SMILES string of the molecule is CC1(C)NC(=O)N(CCN(CC(=O)O)CC(=O)O)C1=O. The van der Waals surface area contributed by atoms with Gasteiger partial charge < -0.3 is 15.5 Å². The number of nitrogens with zero attached hydrogens (tertiary/aromatic N) is 2. The van der Waals surface area contributed by atoms with E-state index >= 15 is 0 Å². The van der Waals surface area contributed by atoms with Crippen molar-refractivity contribution < 1.29 is 29.4 Å². The second-order valence-electron chi connectivity index (χ2n) is 5.01. The average molecular weight is 287 g/mol. The molecule has 0 bridgehead atoms. The highest BCUT2D eigenvalue weighted by Crippen LogP contribution is 2.16. The van der Waals surface area contributed by atoms with Crippen LogP contribution in [0.4, 0.5) is 4.79 Å². The molecule has 1 rings (SSSR count). The lowest BCUT2D eigenvalue weighted by atomic mass is 10.1. The number of carboxylic acid groups (broad SMARTS) is 2. The lowest BCUT2D eigenvalue weighted by molar-refractivity contribution is -0.141. The minimum atomic E-state index is -1.18. The standard InChI is InChI=1S/C11H17N3O6/c1-11(2)9(19)14(10(20)12-11)4-3-13(5-7(15)16)6-8(17)18/h3-6H2,1-2H3,(H,12,20)(H,15,16)(H,17,18). The Balaban J connectivity index is 2.63. The third-order valence-electron chi connectivity index (χ3n) is 2.80. The van der Waals surface area contributed by atoms with Crippen molar-refractivity contribution in [3.63, 3.8) is 0 Å². The quantitative estimate of drug-likeness (QED) is 0.501. The Labute approximate surface area is 115 Å². The molecule has 0 atom stereocenters. The average Bonchev–Trinajstić information content (AvgIpc) is 2.44. The van der Waals surface area contributed by atoms with E-state index < -0.39 is 42.5 Å². The first kappa shape index (κ1) is 15.9. The smallest absolute Gasteiger partial charge is 0.325 e. The first-order chi connectivity index (χ1) is 9.13. The van der Waals surface area contributed by atoms with Crippen molar-refractivity contribution in [3.05, 3.63) is 0 Å². The van der Waals surface area contributed by atoms with Gasteiger partial charge in [-0.15, -0.1) is 0 Å². The summed E-state index contributed by atoms with van der Waals surface area (Å²) in [4.78, 5) is 46.8. The molecular weight excluding hydrogens is 270 g/mol. The fourth-order valence-electron chi connectivity index (χ4n) is 1.86. The Morgan fingerprint density at radius 3 is 2.05 bits per heavy atom. The minimum absolute atomic E-state index is 0.0200. The highest BCUT2D eigenvalue weighted by atomic mass is 16.4. The molecule has 0 unspecified atom stereocenters. The molecule has 9 heteroatoms. The van der Waals surface area contributed by atoms with Crippen molar-refractivity contribution in [2.24, 2.45) is 0 Å². The molecule has 3 N–H and O–H groups in total. The molecule has 0 aromatic heterocycles. The summed E-state index contributed by atoms with van der Waals surface area (Å²) in [6, 6.07) is -0.564. The van der Waals surface area contributed by atoms with Gasteiger partial charge in [-0.05, 0) is 13.8 Å². The first-order valence-electron chi connectivity index (χ1n) is 5.93. The zero-order chi connectivity index (χ0) is 15.5. The number of nitrogens with one attached hydrogen (secondary N) is 1. The number of carboxylic acids is 2. The highest BCUT2D eigenvalue weighted by molar-refractivity contribution is 6.06. The molecular formula is C11H17N3O6. The van der Waals surface area contributed by atoms with Crippen molar-refractivity contribution in [1.82, 2.24) is 15.1 Å². The zero-order valence-electron chi connectivity index (χ0n) is 11.3. The summed E-state index contributed by atoms with van der Waals surface area (Å²) in [5.41, 5.74) is -0.999. The highest BCUT2D eigenvalue weighted by Gasteiger charge is 2.44. The topological polar surface area (TPSA) is 127 Å². The summed E-state index contributed by atoms with van der Waals surface area (Å²) in [5.74, 6) is -2.78. The Kier molecular flexibility index (Phi) is 4.66. The molecule has 20 heavy (non-hydrogen) atoms. The van der Waals surface area contributed by atoms with Crippen LogP contribution in [0.15, 0.2) is 0 Å². The third kappa shape index (κ3) is 3.92. The Morgan fingerprint density at radius 1 is 1.20 bits per heavy atom. The molecule has 0 spiro atoms. The van der Waals surface area contributed by atoms with Gasteiger partial charge in [0.05, 0.1) is 13.1 Å². The summed E-state index contributed by atoms with van der Waals surface area (Å²) in [5, 5.41) is 19.8. The number of carbonyl (C=O) groups is 4. The maximum atomic E-state index is 11.9. The van der Waals surface area contributed by atoms with E-state index in [9.17, 15) is 19.2 Å². The summed E-state index contributed by atoms with van der Waals surface area (Å²) in [6.45, 7) is 2.08. The molecule has 112 valence electrons. The molecule has 1 aliphatic rings. The number of hydrogen-bond acceptors (Lipinski definition) is 5. The van der Waals surface area contributed by atoms with E-state index in [2.05, 4.69) is 5.32 Å². The van der Waals surface area contributed by atoms with E-state index in [1.165, 1.54) is 0 Å². The minimum Gasteiger partial charge on any atom is -0.480 e. The fraction of sp³-hybridized carbons (Fsp3) is 0.636. The van der Waals surface area contributed by atoms with Crippen LogP contribution in [-0.4, -0.2) is 75.6 Å². The fourth-order valence-corrected chi connectivity index (χ4v) is 1.86. The van der Waals surface area contributed by atoms with E-state index in [0.717, 1.165) is 9.80 Å². The summed E-state index contributed by atoms with van der Waals surface area (Å²) < 4.78 is 0. The van der Waals surface area contributed by atoms with Gasteiger partial charge in [0.15, 0.2) is 0 Å². The lowest BCUT2D eigenvalue weighted by Crippen LogP contribution is -2.43. The van der Waals surface area contributed by atoms with Crippen LogP contribution in [0.2, 0.25) is 0 Å². The van der Waals surface area contributed by atoms with Gasteiger partial charge in [0.1, 0.15) is 5.54 Å². The third-order valence-corrected chi connectivity index (χ3v) is 2.80. The molecule has 0 aliphatic carbocycles. The number of amides is 3. The van der Waals surface area contributed by atoms with Crippen LogP contribution in [0.25, 0.3) is 0 Å². The van der Waals surface area contributed by atoms with Gasteiger partial charge in [-0.3, -0.25) is 24.2 Å². The predicted octanol–water partition coefficient (Wildman–Crippen LogP) is -1.21. The summed E-state index contributed by atoms with van der Waals surface area (Å²) in [6.07, 6.45) is 0. The van der Waals surface area contributed by atoms with Gasteiger partial charge in [0.2, 0.25) is 0 Å². The van der Waals surface area contributed by atoms with Crippen molar-refractivity contribution in [2.45, 2.75) is 19.4 Å². The summed E-state index contributed by atoms with van der Waals surface area (Å²) in [7, 11) is 0. The predicted molar refractivity (Wildman–Crippen MR) is 66.0 cm³/mol. The molecule has 0 aromatic carbocycles. The van der Waals surface area contributed by atoms with Gasteiger partial charge in [-0.1, -0.05) is 0 Å². The molecule has 3 amide bonds. The normalized spacial score (nSPS) is 17.4. The second kappa shape index (κ2) is 5.87. The largest absolute Gasteiger partial charge is 0.480 e. The van der Waals surface area contributed by atoms with Crippen LogP contribution in [0.1, 0.15) is 13.8 Å². The Hall–Kier alpha value is -2.16. The Bertz CT molecular complexity index is 431. The van der Waals surface area contributed by atoms with Gasteiger partial charge in [-0.25, -0.2) is 4.79 Å². The lowest BCUT2D eigenvalue weighted by Gasteiger charge is -2.21. The van der Waals surface area contributed by atoms with Crippen molar-refractivity contribution in [1.29, 1.82) is 0 Å². The molecule has 1 saturated heterocycles. The number of rotatable bonds is 7. The van der Waals surface area contributed by atoms with Crippen molar-refractivity contribution in [3.8, 4) is 0 Å². The Morgan fingerprint density at radius 2 is 1.70 bits per heavy atom. The van der Waals surface area contributed by atoms with Gasteiger partial charge >= 0.3 is 18.0 Å². The number of aliphatic carboxylic acids is 2. The van der Waals surface area contributed by atoms with Crippen LogP contribution in [0.3, 0.4) is 0 Å². The van der Waals surface area contributed by atoms with Crippen LogP contribution in [0, 0.1) is 0 Å². The summed E-state index contributed by atoms with van der Waals surface area (Å²) >= 11 is 0. The molecule has 1 heterocycles. The van der Waals surface area contributed by atoms with Crippen LogP contribution >= 0.6 is 0 Å². The van der Waals surface area contributed by atoms with Gasteiger partial charge in [0, 0.05) is 13.1 Å². The van der Waals surface area contributed by atoms with E-state index in [1.807, 2.05) is 0 Å². The van der Waals surface area contributed by atoms with E-state index in [-0.39, 0.29) is 13.1 Å². The molecule has 0 radical (unpaired) electrons. The molecule has 1 aliphatic heterocycles. The molecule has 9 nitrogen and oxygen atoms in total. The maximum Gasteiger partial charge on any atom is 0.325 e. The first-order valence-corrected chi connectivity index (χ1v) is 5.93. The van der Waals surface area contributed by atoms with Gasteiger partial charge in [-0.2, -0.15) is 0 Å². The maximum absolute atomic E-state index is 11.9. The van der Waals surface area contributed by atoms with Crippen molar-refractivity contribution >= 4 is 23.9 Å². The molecule has 1 fully saturated rings. The number of urea groups is 1. The van der Waals surface area contributed by atoms with Crippen molar-refractivity contribution in [2.75, 3.05) is 26.2 Å². The molecule has 0 saturated carbocycles. The number of imide groups is 1. The number of hydrogen-bond donors (Lipinski definition) is 3. The van der Waals surface area contributed by atoms with E-state index in [4.69, 9.17) is 10.2 Å². The monoisotopic (exact) mass is 287 g/mol. The molecule has 0 aromatic rings. The van der Waals surface area contributed by atoms with Gasteiger partial charge in [0.25, 0.3) is 5.91 Å². The second-order valence-corrected chi connectivity index (χ2v) is 5.01. The number of carbonyl (C=O) groups excluding carboxylic acids is 2. The van der Waals surface area contributed by atoms with Crippen LogP contribution in [0.5, 0.6) is 0 Å². The van der Waals surface area contributed by atoms with E-state index in [1.54, 1.807) is 13.8 Å². The van der Waals surface area contributed by atoms with E-state index in [0.29, 0.717) is 0 Å². The zero-order valence-corrected chi connectivity index (χ0v) is 11.3.